The molecule has 2 heterocycles. The molecule has 0 bridgehead atoms. The van der Waals surface area contributed by atoms with Gasteiger partial charge in [0.15, 0.2) is 0 Å². The van der Waals surface area contributed by atoms with Gasteiger partial charge in [-0.15, -0.1) is 0 Å². The molecule has 2 fully saturated rings. The number of hydrogen-bond acceptors (Lipinski definition) is 3. The molecule has 128 valence electrons. The van der Waals surface area contributed by atoms with Crippen molar-refractivity contribution in [2.75, 3.05) is 39.4 Å². The van der Waals surface area contributed by atoms with E-state index in [0.29, 0.717) is 6.04 Å². The topological polar surface area (TPSA) is 15.7 Å². The van der Waals surface area contributed by atoms with Crippen molar-refractivity contribution in [2.45, 2.75) is 73.4 Å². The highest BCUT2D eigenvalue weighted by atomic mass is 16.5. The lowest BCUT2D eigenvalue weighted by atomic mass is 9.98. The van der Waals surface area contributed by atoms with Gasteiger partial charge in [-0.2, -0.15) is 0 Å². The van der Waals surface area contributed by atoms with Crippen LogP contribution in [-0.4, -0.2) is 61.3 Å². The standard InChI is InChI=1S/C9H19N.C8H17NO.CH4/c1-8(2)10-6-4-9(3)5-7-10;1-8(2)9-4-3-6-10-7-5-9;/h8-9H,4-7H2,1-3H3;8H,3-7H2,1-2H3;1H4. The third-order valence-corrected chi connectivity index (χ3v) is 4.54. The lowest BCUT2D eigenvalue weighted by Gasteiger charge is -2.33. The fourth-order valence-electron chi connectivity index (χ4n) is 2.83. The first-order valence-corrected chi connectivity index (χ1v) is 8.56. The van der Waals surface area contributed by atoms with E-state index < -0.39 is 0 Å². The molecule has 0 spiro atoms. The molecular formula is C18H40N2O. The van der Waals surface area contributed by atoms with Crippen LogP contribution < -0.4 is 0 Å². The van der Waals surface area contributed by atoms with Crippen molar-refractivity contribution in [1.82, 2.24) is 9.80 Å². The number of likely N-dealkylation sites (tertiary alicyclic amines) is 1. The highest BCUT2D eigenvalue weighted by Gasteiger charge is 2.16. The van der Waals surface area contributed by atoms with Gasteiger partial charge in [0.05, 0.1) is 6.61 Å². The summed E-state index contributed by atoms with van der Waals surface area (Å²) in [6.07, 6.45) is 3.99. The minimum Gasteiger partial charge on any atom is -0.380 e. The van der Waals surface area contributed by atoms with E-state index in [0.717, 1.165) is 31.7 Å². The van der Waals surface area contributed by atoms with Gasteiger partial charge in [-0.1, -0.05) is 14.4 Å². The molecule has 0 aromatic heterocycles. The Morgan fingerprint density at radius 3 is 1.86 bits per heavy atom. The Bertz CT molecular complexity index is 227. The van der Waals surface area contributed by atoms with Gasteiger partial charge in [0.1, 0.15) is 0 Å². The monoisotopic (exact) mass is 300 g/mol. The van der Waals surface area contributed by atoms with Crippen LogP contribution in [0.5, 0.6) is 0 Å². The number of piperidine rings is 1. The quantitative estimate of drug-likeness (QED) is 0.769. The van der Waals surface area contributed by atoms with Crippen molar-refractivity contribution in [1.29, 1.82) is 0 Å². The van der Waals surface area contributed by atoms with Gasteiger partial charge in [0.2, 0.25) is 0 Å². The van der Waals surface area contributed by atoms with E-state index in [2.05, 4.69) is 44.4 Å². The smallest absolute Gasteiger partial charge is 0.0593 e. The van der Waals surface area contributed by atoms with Crippen molar-refractivity contribution in [3.05, 3.63) is 0 Å². The van der Waals surface area contributed by atoms with E-state index in [9.17, 15) is 0 Å². The van der Waals surface area contributed by atoms with Crippen LogP contribution in [0.1, 0.15) is 61.3 Å². The molecule has 2 saturated heterocycles. The molecule has 0 N–H and O–H groups in total. The van der Waals surface area contributed by atoms with E-state index in [4.69, 9.17) is 4.74 Å². The molecule has 2 aliphatic heterocycles. The average molecular weight is 301 g/mol. The summed E-state index contributed by atoms with van der Waals surface area (Å²) in [4.78, 5) is 5.03. The van der Waals surface area contributed by atoms with E-state index in [1.165, 1.54) is 38.9 Å². The van der Waals surface area contributed by atoms with Gasteiger partial charge >= 0.3 is 0 Å². The molecule has 0 aliphatic carbocycles. The van der Waals surface area contributed by atoms with Crippen LogP contribution in [0.15, 0.2) is 0 Å². The van der Waals surface area contributed by atoms with Crippen molar-refractivity contribution in [2.24, 2.45) is 5.92 Å². The lowest BCUT2D eigenvalue weighted by Crippen LogP contribution is -2.37. The minimum atomic E-state index is 0. The Balaban J connectivity index is 0.000000364. The summed E-state index contributed by atoms with van der Waals surface area (Å²) >= 11 is 0. The summed E-state index contributed by atoms with van der Waals surface area (Å²) in [5.41, 5.74) is 0. The highest BCUT2D eigenvalue weighted by Crippen LogP contribution is 2.17. The molecule has 0 atom stereocenters. The Morgan fingerprint density at radius 2 is 1.33 bits per heavy atom. The number of ether oxygens (including phenoxy) is 1. The normalized spacial score (nSPS) is 22.4. The predicted octanol–water partition coefficient (Wildman–Crippen LogP) is 3.88. The first-order valence-electron chi connectivity index (χ1n) is 8.56. The number of nitrogens with zero attached hydrogens (tertiary/aromatic N) is 2. The molecule has 0 amide bonds. The molecule has 0 radical (unpaired) electrons. The highest BCUT2D eigenvalue weighted by molar-refractivity contribution is 4.71. The first-order chi connectivity index (χ1) is 9.50. The molecule has 0 unspecified atom stereocenters. The summed E-state index contributed by atoms with van der Waals surface area (Å²) in [6, 6.07) is 1.44. The van der Waals surface area contributed by atoms with Gasteiger partial charge < -0.3 is 9.64 Å². The summed E-state index contributed by atoms with van der Waals surface area (Å²) in [5, 5.41) is 0. The Hall–Kier alpha value is -0.120. The van der Waals surface area contributed by atoms with E-state index in [-0.39, 0.29) is 7.43 Å². The Morgan fingerprint density at radius 1 is 0.810 bits per heavy atom. The summed E-state index contributed by atoms with van der Waals surface area (Å²) in [5.74, 6) is 0.968. The fourth-order valence-corrected chi connectivity index (χ4v) is 2.83. The molecule has 3 heteroatoms. The van der Waals surface area contributed by atoms with Crippen LogP contribution in [-0.2, 0) is 4.74 Å². The van der Waals surface area contributed by atoms with Crippen LogP contribution in [0, 0.1) is 5.92 Å². The Kier molecular flexibility index (Phi) is 11.4. The molecule has 0 saturated carbocycles. The number of rotatable bonds is 2. The van der Waals surface area contributed by atoms with Crippen molar-refractivity contribution in [3.63, 3.8) is 0 Å². The Labute approximate surface area is 134 Å². The molecule has 3 nitrogen and oxygen atoms in total. The molecule has 2 rings (SSSR count). The maximum atomic E-state index is 5.33. The second kappa shape index (κ2) is 11.4. The second-order valence-corrected chi connectivity index (χ2v) is 6.91. The van der Waals surface area contributed by atoms with E-state index >= 15 is 0 Å². The lowest BCUT2D eigenvalue weighted by molar-refractivity contribution is 0.136. The minimum absolute atomic E-state index is 0. The zero-order valence-electron chi connectivity index (χ0n) is 14.4. The third kappa shape index (κ3) is 8.80. The maximum Gasteiger partial charge on any atom is 0.0593 e. The van der Waals surface area contributed by atoms with Gasteiger partial charge in [0.25, 0.3) is 0 Å². The first kappa shape index (κ1) is 20.9. The molecule has 0 aromatic carbocycles. The molecular weight excluding hydrogens is 260 g/mol. The predicted molar refractivity (Wildman–Crippen MR) is 94.0 cm³/mol. The van der Waals surface area contributed by atoms with Gasteiger partial charge in [-0.3, -0.25) is 4.90 Å². The van der Waals surface area contributed by atoms with Gasteiger partial charge in [0, 0.05) is 31.8 Å². The van der Waals surface area contributed by atoms with Crippen LogP contribution in [0.2, 0.25) is 0 Å². The van der Waals surface area contributed by atoms with Crippen molar-refractivity contribution >= 4 is 0 Å². The van der Waals surface area contributed by atoms with Crippen LogP contribution in [0.25, 0.3) is 0 Å². The molecule has 21 heavy (non-hydrogen) atoms. The van der Waals surface area contributed by atoms with E-state index in [1.54, 1.807) is 0 Å². The summed E-state index contributed by atoms with van der Waals surface area (Å²) in [7, 11) is 0. The zero-order chi connectivity index (χ0) is 15.0. The third-order valence-electron chi connectivity index (χ3n) is 4.54. The van der Waals surface area contributed by atoms with Crippen molar-refractivity contribution < 1.29 is 4.74 Å². The zero-order valence-corrected chi connectivity index (χ0v) is 14.4. The maximum absolute atomic E-state index is 5.33. The van der Waals surface area contributed by atoms with Crippen LogP contribution >= 0.6 is 0 Å². The van der Waals surface area contributed by atoms with Crippen LogP contribution in [0.3, 0.4) is 0 Å². The molecule has 0 aromatic rings. The fraction of sp³-hybridized carbons (Fsp3) is 1.00. The van der Waals surface area contributed by atoms with E-state index in [1.807, 2.05) is 0 Å². The summed E-state index contributed by atoms with van der Waals surface area (Å²) < 4.78 is 5.33. The van der Waals surface area contributed by atoms with Crippen LogP contribution in [0.4, 0.5) is 0 Å². The van der Waals surface area contributed by atoms with Crippen molar-refractivity contribution in [3.8, 4) is 0 Å². The SMILES string of the molecule is C.CC(C)N1CCCOCC1.CC1CCN(C(C)C)CC1. The largest absolute Gasteiger partial charge is 0.380 e. The average Bonchev–Trinajstić information content (AvgIpc) is 2.69. The second-order valence-electron chi connectivity index (χ2n) is 6.91. The molecule has 2 aliphatic rings. The number of hydrogen-bond donors (Lipinski definition) is 0. The van der Waals surface area contributed by atoms with Gasteiger partial charge in [-0.05, 0) is 66.0 Å². The van der Waals surface area contributed by atoms with Gasteiger partial charge in [-0.25, -0.2) is 0 Å². The summed E-state index contributed by atoms with van der Waals surface area (Å²) in [6.45, 7) is 18.2.